The molecule has 0 unspecified atom stereocenters. The maximum absolute atomic E-state index is 12.4. The molecule has 0 aliphatic carbocycles. The summed E-state index contributed by atoms with van der Waals surface area (Å²) in [5, 5.41) is 14.6. The van der Waals surface area contributed by atoms with Crippen molar-refractivity contribution in [3.63, 3.8) is 0 Å². The summed E-state index contributed by atoms with van der Waals surface area (Å²) < 4.78 is 1.74. The van der Waals surface area contributed by atoms with Crippen molar-refractivity contribution in [2.24, 2.45) is 5.73 Å². The van der Waals surface area contributed by atoms with Gasteiger partial charge in [0.05, 0.1) is 17.9 Å². The Bertz CT molecular complexity index is 1540. The van der Waals surface area contributed by atoms with Gasteiger partial charge in [0, 0.05) is 18.3 Å². The van der Waals surface area contributed by atoms with Gasteiger partial charge in [0.1, 0.15) is 0 Å². The van der Waals surface area contributed by atoms with Crippen LogP contribution in [0.15, 0.2) is 84.9 Å². The number of carbonyl (C=O) groups excluding carboxylic acids is 2. The summed E-state index contributed by atoms with van der Waals surface area (Å²) >= 11 is 0. The molecule has 0 radical (unpaired) electrons. The Morgan fingerprint density at radius 2 is 1.62 bits per heavy atom. The lowest BCUT2D eigenvalue weighted by Crippen LogP contribution is -2.21. The Morgan fingerprint density at radius 1 is 0.882 bits per heavy atom. The van der Waals surface area contributed by atoms with Crippen LogP contribution in [0.4, 0.5) is 5.69 Å². The summed E-state index contributed by atoms with van der Waals surface area (Å²) in [6.45, 7) is -0.0855. The molecule has 0 saturated heterocycles. The third-order valence-corrected chi connectivity index (χ3v) is 5.79. The average molecular weight is 450 g/mol. The molecule has 7 nitrogen and oxygen atoms in total. The molecule has 0 bridgehead atoms. The Kier molecular flexibility index (Phi) is 5.53. The number of hydrogen-bond acceptors (Lipinski definition) is 4. The zero-order valence-electron chi connectivity index (χ0n) is 18.6. The number of rotatable bonds is 5. The molecule has 1 aromatic heterocycles. The van der Waals surface area contributed by atoms with Gasteiger partial charge >= 0.3 is 0 Å². The van der Waals surface area contributed by atoms with Crippen molar-refractivity contribution in [3.05, 3.63) is 90.6 Å². The van der Waals surface area contributed by atoms with Crippen LogP contribution in [0.2, 0.25) is 0 Å². The molecular formula is C27H23N5O2. The number of anilines is 1. The molecule has 168 valence electrons. The topological polar surface area (TPSA) is 102 Å². The average Bonchev–Trinajstić information content (AvgIpc) is 3.33. The highest BCUT2D eigenvalue weighted by atomic mass is 16.2. The molecule has 4 N–H and O–H groups in total. The Morgan fingerprint density at radius 3 is 2.38 bits per heavy atom. The van der Waals surface area contributed by atoms with Gasteiger partial charge in [-0.15, -0.1) is 0 Å². The van der Waals surface area contributed by atoms with Gasteiger partial charge in [-0.2, -0.15) is 5.10 Å². The van der Waals surface area contributed by atoms with Crippen molar-refractivity contribution in [2.75, 3.05) is 18.9 Å². The molecule has 0 saturated carbocycles. The zero-order valence-corrected chi connectivity index (χ0v) is 18.6. The monoisotopic (exact) mass is 449 g/mol. The van der Waals surface area contributed by atoms with Crippen molar-refractivity contribution in [1.29, 1.82) is 0 Å². The lowest BCUT2D eigenvalue weighted by Gasteiger charge is -2.11. The van der Waals surface area contributed by atoms with E-state index in [0.29, 0.717) is 11.4 Å². The van der Waals surface area contributed by atoms with Crippen LogP contribution >= 0.6 is 0 Å². The van der Waals surface area contributed by atoms with Gasteiger partial charge in [-0.25, -0.2) is 4.68 Å². The second-order valence-corrected chi connectivity index (χ2v) is 7.93. The summed E-state index contributed by atoms with van der Waals surface area (Å²) in [5.41, 5.74) is 8.81. The van der Waals surface area contributed by atoms with Gasteiger partial charge in [0.15, 0.2) is 5.69 Å². The highest BCUT2D eigenvalue weighted by Crippen LogP contribution is 2.31. The Balaban J connectivity index is 1.61. The lowest BCUT2D eigenvalue weighted by atomic mass is 9.99. The first kappa shape index (κ1) is 21.4. The molecule has 5 rings (SSSR count). The second kappa shape index (κ2) is 8.80. The summed E-state index contributed by atoms with van der Waals surface area (Å²) in [5.74, 6) is -0.531. The molecular weight excluding hydrogens is 426 g/mol. The fourth-order valence-electron chi connectivity index (χ4n) is 4.09. The van der Waals surface area contributed by atoms with Crippen molar-refractivity contribution in [1.82, 2.24) is 15.1 Å². The number of fused-ring (bicyclic) bond motifs is 3. The predicted octanol–water partition coefficient (Wildman–Crippen LogP) is 4.10. The van der Waals surface area contributed by atoms with Crippen molar-refractivity contribution < 1.29 is 9.59 Å². The van der Waals surface area contributed by atoms with Crippen LogP contribution in [0.1, 0.15) is 10.5 Å². The minimum absolute atomic E-state index is 0.0855. The van der Waals surface area contributed by atoms with Crippen LogP contribution < -0.4 is 16.4 Å². The first-order chi connectivity index (χ1) is 16.6. The summed E-state index contributed by atoms with van der Waals surface area (Å²) in [6, 6.07) is 27.8. The smallest absolute Gasteiger partial charge is 0.271 e. The van der Waals surface area contributed by atoms with Crippen molar-refractivity contribution in [2.45, 2.75) is 0 Å². The van der Waals surface area contributed by atoms with Gasteiger partial charge in [-0.1, -0.05) is 48.5 Å². The van der Waals surface area contributed by atoms with E-state index in [1.54, 1.807) is 29.9 Å². The van der Waals surface area contributed by atoms with Crippen LogP contribution in [-0.2, 0) is 4.79 Å². The Hall–Kier alpha value is -4.49. The van der Waals surface area contributed by atoms with E-state index in [-0.39, 0.29) is 18.4 Å². The first-order valence-corrected chi connectivity index (χ1v) is 10.9. The number of nitrogens with one attached hydrogen (secondary N) is 2. The molecule has 34 heavy (non-hydrogen) atoms. The molecule has 0 aliphatic heterocycles. The minimum Gasteiger partial charge on any atom is -0.354 e. The number of benzene rings is 4. The standard InChI is InChI=1S/C27H23N5O2/c1-29-27(34)24-15-25(32(31-24)21-11-9-20(10-12-21)30-26(33)16-28)19-8-13-23-18(14-19)7-6-17-4-2-3-5-22(17)23/h2-15H,16,28H2,1H3,(H,29,34)(H,30,33). The lowest BCUT2D eigenvalue weighted by molar-refractivity contribution is -0.114. The van der Waals surface area contributed by atoms with Crippen LogP contribution in [0.25, 0.3) is 38.5 Å². The van der Waals surface area contributed by atoms with E-state index in [4.69, 9.17) is 5.73 Å². The maximum atomic E-state index is 12.4. The molecule has 0 aliphatic rings. The normalized spacial score (nSPS) is 11.0. The molecule has 1 heterocycles. The maximum Gasteiger partial charge on any atom is 0.271 e. The third kappa shape index (κ3) is 3.89. The molecule has 7 heteroatoms. The van der Waals surface area contributed by atoms with Gasteiger partial charge in [0.2, 0.25) is 5.91 Å². The fraction of sp³-hybridized carbons (Fsp3) is 0.0741. The minimum atomic E-state index is -0.266. The fourth-order valence-corrected chi connectivity index (χ4v) is 4.09. The molecule has 5 aromatic rings. The van der Waals surface area contributed by atoms with Crippen molar-refractivity contribution >= 4 is 39.0 Å². The third-order valence-electron chi connectivity index (χ3n) is 5.79. The molecule has 0 spiro atoms. The van der Waals surface area contributed by atoms with Crippen LogP contribution in [0.5, 0.6) is 0 Å². The van der Waals surface area contributed by atoms with Gasteiger partial charge in [-0.3, -0.25) is 9.59 Å². The van der Waals surface area contributed by atoms with Gasteiger partial charge < -0.3 is 16.4 Å². The van der Waals surface area contributed by atoms with E-state index in [1.165, 1.54) is 16.2 Å². The van der Waals surface area contributed by atoms with E-state index in [1.807, 2.05) is 30.3 Å². The number of nitrogens with two attached hydrogens (primary N) is 1. The van der Waals surface area contributed by atoms with E-state index >= 15 is 0 Å². The van der Waals surface area contributed by atoms with Crippen molar-refractivity contribution in [3.8, 4) is 16.9 Å². The van der Waals surface area contributed by atoms with Gasteiger partial charge in [0.25, 0.3) is 5.91 Å². The van der Waals surface area contributed by atoms with E-state index < -0.39 is 0 Å². The predicted molar refractivity (Wildman–Crippen MR) is 135 cm³/mol. The second-order valence-electron chi connectivity index (χ2n) is 7.93. The highest BCUT2D eigenvalue weighted by Gasteiger charge is 2.17. The largest absolute Gasteiger partial charge is 0.354 e. The summed E-state index contributed by atoms with van der Waals surface area (Å²) in [7, 11) is 1.58. The van der Waals surface area contributed by atoms with E-state index in [0.717, 1.165) is 22.3 Å². The highest BCUT2D eigenvalue weighted by molar-refractivity contribution is 6.08. The molecule has 2 amide bonds. The van der Waals surface area contributed by atoms with Crippen LogP contribution in [0, 0.1) is 0 Å². The number of hydrogen-bond donors (Lipinski definition) is 3. The van der Waals surface area contributed by atoms with Crippen LogP contribution in [0.3, 0.4) is 0 Å². The Labute approximate surface area is 196 Å². The number of aromatic nitrogens is 2. The quantitative estimate of drug-likeness (QED) is 0.352. The molecule has 4 aromatic carbocycles. The SMILES string of the molecule is CNC(=O)c1cc(-c2ccc3c(ccc4ccccc43)c2)n(-c2ccc(NC(=O)CN)cc2)n1. The first-order valence-electron chi connectivity index (χ1n) is 10.9. The summed E-state index contributed by atoms with van der Waals surface area (Å²) in [4.78, 5) is 23.9. The number of nitrogens with zero attached hydrogens (tertiary/aromatic N) is 2. The van der Waals surface area contributed by atoms with Gasteiger partial charge in [-0.05, 0) is 57.9 Å². The van der Waals surface area contributed by atoms with Crippen LogP contribution in [-0.4, -0.2) is 35.2 Å². The summed E-state index contributed by atoms with van der Waals surface area (Å²) in [6.07, 6.45) is 0. The van der Waals surface area contributed by atoms with E-state index in [9.17, 15) is 9.59 Å². The number of carbonyl (C=O) groups is 2. The zero-order chi connectivity index (χ0) is 23.7. The number of amides is 2. The molecule has 0 fully saturated rings. The van der Waals surface area contributed by atoms with E-state index in [2.05, 4.69) is 52.1 Å². The molecule has 0 atom stereocenters.